The van der Waals surface area contributed by atoms with Gasteiger partial charge in [0, 0.05) is 19.0 Å². The number of rotatable bonds is 5. The summed E-state index contributed by atoms with van der Waals surface area (Å²) in [5, 5.41) is 6.55. The molecule has 0 radical (unpaired) electrons. The minimum atomic E-state index is -0.186. The molecule has 2 aromatic rings. The molecule has 0 bridgehead atoms. The molecule has 1 N–H and O–H groups in total. The number of hydrogen-bond acceptors (Lipinski definition) is 3. The third-order valence-electron chi connectivity index (χ3n) is 2.68. The van der Waals surface area contributed by atoms with Gasteiger partial charge in [-0.25, -0.2) is 0 Å². The van der Waals surface area contributed by atoms with Crippen LogP contribution in [0, 0.1) is 0 Å². The molecule has 0 saturated heterocycles. The Kier molecular flexibility index (Phi) is 4.12. The number of nitrogens with one attached hydrogen (secondary N) is 1. The summed E-state index contributed by atoms with van der Waals surface area (Å²) < 4.78 is 4.99. The SMILES string of the molecule is CCc1cc(C(=O)NCCc2ccccc2)no1. The van der Waals surface area contributed by atoms with Crippen LogP contribution in [-0.4, -0.2) is 17.6 Å². The van der Waals surface area contributed by atoms with Crippen molar-refractivity contribution in [3.8, 4) is 0 Å². The Balaban J connectivity index is 1.81. The molecule has 18 heavy (non-hydrogen) atoms. The summed E-state index contributed by atoms with van der Waals surface area (Å²) in [6, 6.07) is 11.7. The number of carbonyl (C=O) groups excluding carboxylic acids is 1. The van der Waals surface area contributed by atoms with E-state index in [2.05, 4.69) is 10.5 Å². The summed E-state index contributed by atoms with van der Waals surface area (Å²) in [7, 11) is 0. The lowest BCUT2D eigenvalue weighted by Crippen LogP contribution is -2.25. The minimum absolute atomic E-state index is 0.186. The van der Waals surface area contributed by atoms with E-state index >= 15 is 0 Å². The Morgan fingerprint density at radius 3 is 2.78 bits per heavy atom. The number of nitrogens with zero attached hydrogens (tertiary/aromatic N) is 1. The predicted molar refractivity (Wildman–Crippen MR) is 68.4 cm³/mol. The van der Waals surface area contributed by atoms with Crippen LogP contribution in [0.15, 0.2) is 40.9 Å². The molecule has 0 atom stereocenters. The van der Waals surface area contributed by atoms with Crippen LogP contribution in [0.2, 0.25) is 0 Å². The largest absolute Gasteiger partial charge is 0.361 e. The Hall–Kier alpha value is -2.10. The summed E-state index contributed by atoms with van der Waals surface area (Å²) >= 11 is 0. The molecule has 4 heteroatoms. The molecule has 0 aliphatic heterocycles. The highest BCUT2D eigenvalue weighted by Crippen LogP contribution is 2.04. The third-order valence-corrected chi connectivity index (χ3v) is 2.68. The summed E-state index contributed by atoms with van der Waals surface area (Å²) in [5.74, 6) is 0.539. The predicted octanol–water partition coefficient (Wildman–Crippen LogP) is 2.21. The van der Waals surface area contributed by atoms with Gasteiger partial charge in [0.2, 0.25) is 0 Å². The van der Waals surface area contributed by atoms with Gasteiger partial charge in [0.15, 0.2) is 5.69 Å². The Labute approximate surface area is 106 Å². The summed E-state index contributed by atoms with van der Waals surface area (Å²) in [4.78, 5) is 11.7. The van der Waals surface area contributed by atoms with Crippen LogP contribution in [0.5, 0.6) is 0 Å². The second-order valence-corrected chi connectivity index (χ2v) is 4.02. The van der Waals surface area contributed by atoms with E-state index in [1.807, 2.05) is 37.3 Å². The molecule has 0 aliphatic carbocycles. The van der Waals surface area contributed by atoms with Crippen molar-refractivity contribution in [1.82, 2.24) is 10.5 Å². The van der Waals surface area contributed by atoms with E-state index in [0.717, 1.165) is 18.6 Å². The maximum Gasteiger partial charge on any atom is 0.273 e. The van der Waals surface area contributed by atoms with E-state index in [9.17, 15) is 4.79 Å². The molecule has 1 amide bonds. The molecule has 0 unspecified atom stereocenters. The highest BCUT2D eigenvalue weighted by atomic mass is 16.5. The van der Waals surface area contributed by atoms with E-state index in [1.165, 1.54) is 5.56 Å². The average Bonchev–Trinajstić information content (AvgIpc) is 2.89. The number of benzene rings is 1. The minimum Gasteiger partial charge on any atom is -0.361 e. The van der Waals surface area contributed by atoms with Gasteiger partial charge in [0.1, 0.15) is 5.76 Å². The topological polar surface area (TPSA) is 55.1 Å². The fourth-order valence-corrected chi connectivity index (χ4v) is 1.64. The molecule has 0 aliphatic rings. The van der Waals surface area contributed by atoms with Crippen molar-refractivity contribution in [2.24, 2.45) is 0 Å². The highest BCUT2D eigenvalue weighted by Gasteiger charge is 2.10. The van der Waals surface area contributed by atoms with Crippen molar-refractivity contribution in [3.63, 3.8) is 0 Å². The monoisotopic (exact) mass is 244 g/mol. The summed E-state index contributed by atoms with van der Waals surface area (Å²) in [5.41, 5.74) is 1.55. The second kappa shape index (κ2) is 6.00. The lowest BCUT2D eigenvalue weighted by molar-refractivity contribution is 0.0945. The van der Waals surface area contributed by atoms with Crippen molar-refractivity contribution in [3.05, 3.63) is 53.4 Å². The molecular weight excluding hydrogens is 228 g/mol. The normalized spacial score (nSPS) is 10.3. The van der Waals surface area contributed by atoms with E-state index in [1.54, 1.807) is 6.07 Å². The zero-order valence-corrected chi connectivity index (χ0v) is 10.3. The van der Waals surface area contributed by atoms with E-state index in [0.29, 0.717) is 12.2 Å². The van der Waals surface area contributed by atoms with Crippen LogP contribution in [0.4, 0.5) is 0 Å². The van der Waals surface area contributed by atoms with Gasteiger partial charge in [0.05, 0.1) is 0 Å². The maximum absolute atomic E-state index is 11.7. The number of amides is 1. The molecule has 0 fully saturated rings. The first-order valence-electron chi connectivity index (χ1n) is 6.07. The second-order valence-electron chi connectivity index (χ2n) is 4.02. The lowest BCUT2D eigenvalue weighted by atomic mass is 10.1. The van der Waals surface area contributed by atoms with Gasteiger partial charge in [-0.05, 0) is 12.0 Å². The Morgan fingerprint density at radius 2 is 2.11 bits per heavy atom. The van der Waals surface area contributed by atoms with Gasteiger partial charge in [0.25, 0.3) is 5.91 Å². The maximum atomic E-state index is 11.7. The van der Waals surface area contributed by atoms with Gasteiger partial charge in [-0.2, -0.15) is 0 Å². The van der Waals surface area contributed by atoms with Gasteiger partial charge in [-0.15, -0.1) is 0 Å². The smallest absolute Gasteiger partial charge is 0.273 e. The van der Waals surface area contributed by atoms with Crippen LogP contribution in [-0.2, 0) is 12.8 Å². The van der Waals surface area contributed by atoms with Crippen molar-refractivity contribution >= 4 is 5.91 Å². The van der Waals surface area contributed by atoms with E-state index < -0.39 is 0 Å². The standard InChI is InChI=1S/C14H16N2O2/c1-2-12-10-13(16-18-12)14(17)15-9-8-11-6-4-3-5-7-11/h3-7,10H,2,8-9H2,1H3,(H,15,17). The first-order chi connectivity index (χ1) is 8.79. The van der Waals surface area contributed by atoms with Crippen molar-refractivity contribution < 1.29 is 9.32 Å². The van der Waals surface area contributed by atoms with Crippen LogP contribution in [0.1, 0.15) is 28.7 Å². The fraction of sp³-hybridized carbons (Fsp3) is 0.286. The molecule has 1 aromatic heterocycles. The van der Waals surface area contributed by atoms with Crippen molar-refractivity contribution in [2.75, 3.05) is 6.54 Å². The Morgan fingerprint density at radius 1 is 1.33 bits per heavy atom. The zero-order chi connectivity index (χ0) is 12.8. The molecule has 4 nitrogen and oxygen atoms in total. The van der Waals surface area contributed by atoms with Crippen LogP contribution < -0.4 is 5.32 Å². The van der Waals surface area contributed by atoms with E-state index in [-0.39, 0.29) is 5.91 Å². The van der Waals surface area contributed by atoms with Crippen LogP contribution in [0.25, 0.3) is 0 Å². The molecular formula is C14H16N2O2. The number of hydrogen-bond donors (Lipinski definition) is 1. The molecule has 1 aromatic carbocycles. The molecule has 94 valence electrons. The molecule has 2 rings (SSSR count). The third kappa shape index (κ3) is 3.20. The zero-order valence-electron chi connectivity index (χ0n) is 10.3. The van der Waals surface area contributed by atoms with Crippen molar-refractivity contribution in [2.45, 2.75) is 19.8 Å². The fourth-order valence-electron chi connectivity index (χ4n) is 1.64. The van der Waals surface area contributed by atoms with Gasteiger partial charge < -0.3 is 9.84 Å². The first-order valence-corrected chi connectivity index (χ1v) is 6.07. The van der Waals surface area contributed by atoms with Crippen molar-refractivity contribution in [1.29, 1.82) is 0 Å². The van der Waals surface area contributed by atoms with Crippen LogP contribution in [0.3, 0.4) is 0 Å². The van der Waals surface area contributed by atoms with Gasteiger partial charge in [-0.1, -0.05) is 42.4 Å². The summed E-state index contributed by atoms with van der Waals surface area (Å²) in [6.45, 7) is 2.55. The van der Waals surface area contributed by atoms with Crippen LogP contribution >= 0.6 is 0 Å². The number of aromatic nitrogens is 1. The molecule has 0 spiro atoms. The highest BCUT2D eigenvalue weighted by molar-refractivity contribution is 5.92. The number of carbonyl (C=O) groups is 1. The molecule has 0 saturated carbocycles. The quantitative estimate of drug-likeness (QED) is 0.877. The molecule has 1 heterocycles. The lowest BCUT2D eigenvalue weighted by Gasteiger charge is -2.02. The Bertz CT molecular complexity index is 506. The number of aryl methyl sites for hydroxylation is 1. The summed E-state index contributed by atoms with van der Waals surface area (Å²) in [6.07, 6.45) is 1.55. The van der Waals surface area contributed by atoms with Gasteiger partial charge in [-0.3, -0.25) is 4.79 Å². The first kappa shape index (κ1) is 12.4. The average molecular weight is 244 g/mol. The van der Waals surface area contributed by atoms with Gasteiger partial charge >= 0.3 is 0 Å². The van der Waals surface area contributed by atoms with E-state index in [4.69, 9.17) is 4.52 Å².